The summed E-state index contributed by atoms with van der Waals surface area (Å²) in [5.74, 6) is -0.137. The summed E-state index contributed by atoms with van der Waals surface area (Å²) >= 11 is 0. The number of hydrogen-bond acceptors (Lipinski definition) is 1. The molecule has 0 bridgehead atoms. The predicted molar refractivity (Wildman–Crippen MR) is 69.5 cm³/mol. The van der Waals surface area contributed by atoms with Crippen LogP contribution in [0.1, 0.15) is 0 Å². The fraction of sp³-hybridized carbons (Fsp3) is 0. The van der Waals surface area contributed by atoms with Gasteiger partial charge in [-0.05, 0) is 4.90 Å². The van der Waals surface area contributed by atoms with E-state index in [4.69, 9.17) is 0 Å². The summed E-state index contributed by atoms with van der Waals surface area (Å²) in [5.41, 5.74) is 1.67. The number of benzene rings is 2. The molecule has 0 heterocycles. The maximum Gasteiger partial charge on any atom is 0.396 e. The number of hydrogen-bond donors (Lipinski definition) is 0. The van der Waals surface area contributed by atoms with Gasteiger partial charge in [0.15, 0.2) is 11.4 Å². The van der Waals surface area contributed by atoms with E-state index in [-0.39, 0.29) is 5.91 Å². The summed E-state index contributed by atoms with van der Waals surface area (Å²) in [6.07, 6.45) is 1.32. The summed E-state index contributed by atoms with van der Waals surface area (Å²) in [6.45, 7) is 3.54. The molecule has 0 aliphatic heterocycles. The van der Waals surface area contributed by atoms with E-state index in [2.05, 4.69) is 6.58 Å². The lowest BCUT2D eigenvalue weighted by Crippen LogP contribution is -2.24. The zero-order valence-electron chi connectivity index (χ0n) is 9.41. The lowest BCUT2D eigenvalue weighted by molar-refractivity contribution is -0.117. The molecule has 0 N–H and O–H groups in total. The van der Waals surface area contributed by atoms with Crippen LogP contribution in [-0.2, 0) is 4.79 Å². The maximum atomic E-state index is 11.9. The highest BCUT2D eigenvalue weighted by atomic mass is 16.2. The van der Waals surface area contributed by atoms with Gasteiger partial charge in [-0.25, -0.2) is 4.79 Å². The van der Waals surface area contributed by atoms with Crippen molar-refractivity contribution >= 4 is 17.3 Å². The molecule has 0 atom stereocenters. The SMILES string of the molecule is C=CC(=O)[N+](c1ccccc1)c1ccccc1. The Morgan fingerprint density at radius 1 is 0.882 bits per heavy atom. The Labute approximate surface area is 101 Å². The van der Waals surface area contributed by atoms with Gasteiger partial charge in [0.2, 0.25) is 0 Å². The van der Waals surface area contributed by atoms with Crippen LogP contribution < -0.4 is 4.90 Å². The normalized spacial score (nSPS) is 10.2. The van der Waals surface area contributed by atoms with E-state index in [9.17, 15) is 4.79 Å². The molecule has 0 saturated heterocycles. The number of rotatable bonds is 3. The maximum absolute atomic E-state index is 11.9. The molecule has 2 aromatic rings. The minimum Gasteiger partial charge on any atom is -0.220 e. The average Bonchev–Trinajstić information content (AvgIpc) is 2.41. The van der Waals surface area contributed by atoms with Crippen LogP contribution in [0.15, 0.2) is 73.3 Å². The minimum absolute atomic E-state index is 0.137. The van der Waals surface area contributed by atoms with Crippen LogP contribution in [0.2, 0.25) is 0 Å². The molecule has 0 fully saturated rings. The third-order valence-corrected chi connectivity index (χ3v) is 2.42. The lowest BCUT2D eigenvalue weighted by Gasteiger charge is -2.06. The van der Waals surface area contributed by atoms with E-state index >= 15 is 0 Å². The van der Waals surface area contributed by atoms with Crippen molar-refractivity contribution in [2.75, 3.05) is 0 Å². The third-order valence-electron chi connectivity index (χ3n) is 2.42. The topological polar surface area (TPSA) is 23.0 Å². The van der Waals surface area contributed by atoms with E-state index in [0.29, 0.717) is 0 Å². The molecule has 2 aromatic carbocycles. The van der Waals surface area contributed by atoms with Gasteiger partial charge in [-0.2, -0.15) is 0 Å². The molecule has 1 amide bonds. The summed E-state index contributed by atoms with van der Waals surface area (Å²) in [6, 6.07) is 19.0. The number of anilines is 2. The molecule has 0 saturated carbocycles. The van der Waals surface area contributed by atoms with Crippen molar-refractivity contribution < 1.29 is 4.79 Å². The molecule has 0 aromatic heterocycles. The van der Waals surface area contributed by atoms with E-state index < -0.39 is 0 Å². The summed E-state index contributed by atoms with van der Waals surface area (Å²) in [5, 5.41) is 0. The van der Waals surface area contributed by atoms with Gasteiger partial charge < -0.3 is 0 Å². The van der Waals surface area contributed by atoms with E-state index in [1.54, 1.807) is 4.90 Å². The Kier molecular flexibility index (Phi) is 3.48. The fourth-order valence-electron chi connectivity index (χ4n) is 1.65. The number of amides is 1. The van der Waals surface area contributed by atoms with Gasteiger partial charge in [0.1, 0.15) is 0 Å². The van der Waals surface area contributed by atoms with Crippen molar-refractivity contribution in [3.05, 3.63) is 73.3 Å². The molecule has 17 heavy (non-hydrogen) atoms. The van der Waals surface area contributed by atoms with Crippen molar-refractivity contribution in [2.45, 2.75) is 0 Å². The third kappa shape index (κ3) is 2.49. The number of nitrogens with zero attached hydrogens (tertiary/aromatic N) is 1. The van der Waals surface area contributed by atoms with Gasteiger partial charge in [0.05, 0.1) is 0 Å². The first kappa shape index (κ1) is 11.3. The molecule has 1 radical (unpaired) electrons. The van der Waals surface area contributed by atoms with Crippen molar-refractivity contribution in [1.29, 1.82) is 0 Å². The Morgan fingerprint density at radius 3 is 1.65 bits per heavy atom. The highest BCUT2D eigenvalue weighted by molar-refractivity contribution is 5.97. The minimum atomic E-state index is -0.137. The molecule has 0 unspecified atom stereocenters. The van der Waals surface area contributed by atoms with Gasteiger partial charge in [-0.3, -0.25) is 0 Å². The highest BCUT2D eigenvalue weighted by Crippen LogP contribution is 2.24. The highest BCUT2D eigenvalue weighted by Gasteiger charge is 2.28. The second-order valence-electron chi connectivity index (χ2n) is 3.55. The van der Waals surface area contributed by atoms with Gasteiger partial charge >= 0.3 is 5.91 Å². The Bertz CT molecular complexity index is 465. The van der Waals surface area contributed by atoms with Crippen LogP contribution in [0.3, 0.4) is 0 Å². The summed E-state index contributed by atoms with van der Waals surface area (Å²) < 4.78 is 0. The monoisotopic (exact) mass is 223 g/mol. The van der Waals surface area contributed by atoms with Crippen molar-refractivity contribution in [2.24, 2.45) is 0 Å². The Balaban J connectivity index is 2.47. The summed E-state index contributed by atoms with van der Waals surface area (Å²) in [4.78, 5) is 13.6. The first-order valence-electron chi connectivity index (χ1n) is 5.39. The van der Waals surface area contributed by atoms with Crippen molar-refractivity contribution in [3.63, 3.8) is 0 Å². The zero-order valence-corrected chi connectivity index (χ0v) is 9.41. The molecule has 83 valence electrons. The molecule has 2 rings (SSSR count). The number of carbonyl (C=O) groups is 1. The second kappa shape index (κ2) is 5.23. The van der Waals surface area contributed by atoms with Crippen LogP contribution in [0, 0.1) is 0 Å². The second-order valence-corrected chi connectivity index (χ2v) is 3.55. The predicted octanol–water partition coefficient (Wildman–Crippen LogP) is 3.50. The average molecular weight is 223 g/mol. The molecular weight excluding hydrogens is 210 g/mol. The van der Waals surface area contributed by atoms with Gasteiger partial charge in [0, 0.05) is 30.3 Å². The van der Waals surface area contributed by atoms with E-state index in [1.807, 2.05) is 60.7 Å². The van der Waals surface area contributed by atoms with Gasteiger partial charge in [-0.1, -0.05) is 43.0 Å². The summed E-state index contributed by atoms with van der Waals surface area (Å²) in [7, 11) is 0. The molecular formula is C15H13NO+. The first-order chi connectivity index (χ1) is 8.33. The zero-order chi connectivity index (χ0) is 12.1. The smallest absolute Gasteiger partial charge is 0.220 e. The van der Waals surface area contributed by atoms with Gasteiger partial charge in [0.25, 0.3) is 0 Å². The van der Waals surface area contributed by atoms with Crippen molar-refractivity contribution in [1.82, 2.24) is 4.90 Å². The quantitative estimate of drug-likeness (QED) is 0.577. The lowest BCUT2D eigenvalue weighted by atomic mass is 10.2. The first-order valence-corrected chi connectivity index (χ1v) is 5.39. The van der Waals surface area contributed by atoms with Gasteiger partial charge in [-0.15, -0.1) is 0 Å². The largest absolute Gasteiger partial charge is 0.396 e. The molecule has 2 heteroatoms. The van der Waals surface area contributed by atoms with Crippen LogP contribution in [0.4, 0.5) is 11.4 Å². The number of para-hydroxylation sites is 2. The molecule has 0 aliphatic rings. The molecule has 2 nitrogen and oxygen atoms in total. The standard InChI is InChI=1S/C15H13NO/c1-2-15(17)16(13-9-5-3-6-10-13)14-11-7-4-8-12-14/h2-12H,1H2/q+1. The molecule has 0 spiro atoms. The fourth-order valence-corrected chi connectivity index (χ4v) is 1.65. The van der Waals surface area contributed by atoms with Crippen LogP contribution in [0.5, 0.6) is 0 Å². The van der Waals surface area contributed by atoms with Crippen LogP contribution >= 0.6 is 0 Å². The molecule has 0 aliphatic carbocycles. The Hall–Kier alpha value is -2.19. The Morgan fingerprint density at radius 2 is 1.29 bits per heavy atom. The van der Waals surface area contributed by atoms with Crippen LogP contribution in [-0.4, -0.2) is 5.91 Å². The van der Waals surface area contributed by atoms with E-state index in [1.165, 1.54) is 6.08 Å². The number of carbonyl (C=O) groups excluding carboxylic acids is 1. The van der Waals surface area contributed by atoms with Crippen LogP contribution in [0.25, 0.3) is 0 Å². The van der Waals surface area contributed by atoms with E-state index in [0.717, 1.165) is 11.4 Å². The van der Waals surface area contributed by atoms with Crippen molar-refractivity contribution in [3.8, 4) is 0 Å².